The lowest BCUT2D eigenvalue weighted by atomic mass is 10.1. The van der Waals surface area contributed by atoms with Gasteiger partial charge in [0.1, 0.15) is 12.1 Å². The summed E-state index contributed by atoms with van der Waals surface area (Å²) in [6.07, 6.45) is 2.44. The summed E-state index contributed by atoms with van der Waals surface area (Å²) in [4.78, 5) is 8.26. The van der Waals surface area contributed by atoms with Gasteiger partial charge in [0.15, 0.2) is 0 Å². The first-order valence-electron chi connectivity index (χ1n) is 5.93. The van der Waals surface area contributed by atoms with Crippen LogP contribution in [0.1, 0.15) is 11.3 Å². The normalized spacial score (nSPS) is 12.1. The van der Waals surface area contributed by atoms with Crippen molar-refractivity contribution in [3.05, 3.63) is 54.0 Å². The number of aryl methyl sites for hydroxylation is 1. The van der Waals surface area contributed by atoms with Gasteiger partial charge in [-0.2, -0.15) is 0 Å². The summed E-state index contributed by atoms with van der Waals surface area (Å²) in [5.74, 6) is 1.36. The maximum Gasteiger partial charge on any atom is 0.129 e. The number of anilines is 1. The van der Waals surface area contributed by atoms with Crippen LogP contribution in [0.25, 0.3) is 0 Å². The number of halogens is 1. The molecule has 2 aromatic rings. The van der Waals surface area contributed by atoms with Crippen LogP contribution in [0.4, 0.5) is 5.82 Å². The molecule has 1 heterocycles. The van der Waals surface area contributed by atoms with Crippen LogP contribution in [-0.2, 0) is 6.42 Å². The Morgan fingerprint density at radius 1 is 1.22 bits per heavy atom. The lowest BCUT2D eigenvalue weighted by Gasteiger charge is -2.16. The second-order valence-corrected chi connectivity index (χ2v) is 4.54. The van der Waals surface area contributed by atoms with Gasteiger partial charge >= 0.3 is 0 Å². The van der Waals surface area contributed by atoms with E-state index in [-0.39, 0.29) is 6.04 Å². The Morgan fingerprint density at radius 2 is 2.00 bits per heavy atom. The Morgan fingerprint density at radius 3 is 2.67 bits per heavy atom. The van der Waals surface area contributed by atoms with E-state index >= 15 is 0 Å². The highest BCUT2D eigenvalue weighted by Gasteiger charge is 2.09. The van der Waals surface area contributed by atoms with E-state index in [4.69, 9.17) is 11.6 Å². The van der Waals surface area contributed by atoms with E-state index in [1.807, 2.05) is 31.2 Å². The second-order valence-electron chi connectivity index (χ2n) is 4.23. The Labute approximate surface area is 112 Å². The Kier molecular flexibility index (Phi) is 4.53. The molecule has 0 aliphatic rings. The third kappa shape index (κ3) is 3.70. The van der Waals surface area contributed by atoms with E-state index in [2.05, 4.69) is 27.4 Å². The average molecular weight is 262 g/mol. The zero-order chi connectivity index (χ0) is 12.8. The molecule has 4 heteroatoms. The third-order valence-electron chi connectivity index (χ3n) is 2.67. The van der Waals surface area contributed by atoms with Crippen molar-refractivity contribution in [2.24, 2.45) is 0 Å². The van der Waals surface area contributed by atoms with Gasteiger partial charge < -0.3 is 5.32 Å². The number of hydrogen-bond acceptors (Lipinski definition) is 3. The fourth-order valence-electron chi connectivity index (χ4n) is 1.79. The number of benzene rings is 1. The molecule has 94 valence electrons. The Balaban J connectivity index is 2.01. The predicted molar refractivity (Wildman–Crippen MR) is 75.0 cm³/mol. The fraction of sp³-hybridized carbons (Fsp3) is 0.286. The van der Waals surface area contributed by atoms with Crippen LogP contribution in [-0.4, -0.2) is 21.9 Å². The van der Waals surface area contributed by atoms with Crippen LogP contribution in [0.15, 0.2) is 42.7 Å². The number of nitrogens with one attached hydrogen (secondary N) is 1. The standard InChI is InChI=1S/C14H16ClN3/c1-11-7-14(17-10-16-11)18-13(9-15)8-12-5-3-2-4-6-12/h2-7,10,13H,8-9H2,1H3,(H,16,17,18). The first-order valence-corrected chi connectivity index (χ1v) is 6.46. The van der Waals surface area contributed by atoms with Crippen molar-refractivity contribution in [3.63, 3.8) is 0 Å². The van der Waals surface area contributed by atoms with Crippen molar-refractivity contribution >= 4 is 17.4 Å². The van der Waals surface area contributed by atoms with E-state index in [1.165, 1.54) is 5.56 Å². The molecule has 0 saturated heterocycles. The van der Waals surface area contributed by atoms with Crippen molar-refractivity contribution in [1.82, 2.24) is 9.97 Å². The molecule has 0 radical (unpaired) electrons. The molecule has 1 N–H and O–H groups in total. The number of nitrogens with zero attached hydrogens (tertiary/aromatic N) is 2. The smallest absolute Gasteiger partial charge is 0.129 e. The summed E-state index contributed by atoms with van der Waals surface area (Å²) >= 11 is 6.00. The highest BCUT2D eigenvalue weighted by molar-refractivity contribution is 6.18. The molecule has 0 fully saturated rings. The quantitative estimate of drug-likeness (QED) is 0.841. The summed E-state index contributed by atoms with van der Waals surface area (Å²) in [5.41, 5.74) is 2.21. The molecule has 1 aromatic carbocycles. The molecular weight excluding hydrogens is 246 g/mol. The van der Waals surface area contributed by atoms with Gasteiger partial charge in [-0.05, 0) is 18.9 Å². The molecule has 18 heavy (non-hydrogen) atoms. The maximum absolute atomic E-state index is 6.00. The average Bonchev–Trinajstić information content (AvgIpc) is 2.39. The number of alkyl halides is 1. The van der Waals surface area contributed by atoms with Gasteiger partial charge in [-0.25, -0.2) is 9.97 Å². The fourth-order valence-corrected chi connectivity index (χ4v) is 1.97. The summed E-state index contributed by atoms with van der Waals surface area (Å²) in [6.45, 7) is 1.94. The minimum absolute atomic E-state index is 0.170. The summed E-state index contributed by atoms with van der Waals surface area (Å²) in [7, 11) is 0. The molecule has 3 nitrogen and oxygen atoms in total. The monoisotopic (exact) mass is 261 g/mol. The molecule has 0 saturated carbocycles. The van der Waals surface area contributed by atoms with Crippen LogP contribution in [0.2, 0.25) is 0 Å². The topological polar surface area (TPSA) is 37.8 Å². The van der Waals surface area contributed by atoms with Crippen molar-refractivity contribution in [2.75, 3.05) is 11.2 Å². The predicted octanol–water partition coefficient (Wildman–Crippen LogP) is 3.05. The molecule has 0 bridgehead atoms. The molecule has 1 unspecified atom stereocenters. The van der Waals surface area contributed by atoms with Gasteiger partial charge in [0, 0.05) is 23.7 Å². The van der Waals surface area contributed by atoms with Crippen LogP contribution in [0.3, 0.4) is 0 Å². The van der Waals surface area contributed by atoms with Crippen LogP contribution in [0.5, 0.6) is 0 Å². The van der Waals surface area contributed by atoms with Crippen molar-refractivity contribution in [2.45, 2.75) is 19.4 Å². The van der Waals surface area contributed by atoms with Gasteiger partial charge in [-0.15, -0.1) is 11.6 Å². The van der Waals surface area contributed by atoms with E-state index in [9.17, 15) is 0 Å². The van der Waals surface area contributed by atoms with Crippen molar-refractivity contribution in [1.29, 1.82) is 0 Å². The van der Waals surface area contributed by atoms with Gasteiger partial charge in [-0.3, -0.25) is 0 Å². The van der Waals surface area contributed by atoms with Crippen LogP contribution >= 0.6 is 11.6 Å². The Hall–Kier alpha value is -1.61. The SMILES string of the molecule is Cc1cc(NC(CCl)Cc2ccccc2)ncn1. The summed E-state index contributed by atoms with van der Waals surface area (Å²) in [6, 6.07) is 12.4. The number of rotatable bonds is 5. The maximum atomic E-state index is 6.00. The van der Waals surface area contributed by atoms with Gasteiger partial charge in [0.05, 0.1) is 0 Å². The highest BCUT2D eigenvalue weighted by Crippen LogP contribution is 2.10. The molecule has 1 atom stereocenters. The molecule has 1 aromatic heterocycles. The first kappa shape index (κ1) is 12.8. The molecule has 0 amide bonds. The second kappa shape index (κ2) is 6.36. The molecular formula is C14H16ClN3. The third-order valence-corrected chi connectivity index (χ3v) is 3.04. The first-order chi connectivity index (χ1) is 8.78. The minimum Gasteiger partial charge on any atom is -0.366 e. The van der Waals surface area contributed by atoms with E-state index in [0.717, 1.165) is 17.9 Å². The Bertz CT molecular complexity index is 487. The molecule has 0 aliphatic carbocycles. The van der Waals surface area contributed by atoms with E-state index in [1.54, 1.807) is 6.33 Å². The lowest BCUT2D eigenvalue weighted by Crippen LogP contribution is -2.24. The van der Waals surface area contributed by atoms with Gasteiger partial charge in [0.25, 0.3) is 0 Å². The highest BCUT2D eigenvalue weighted by atomic mass is 35.5. The number of aromatic nitrogens is 2. The lowest BCUT2D eigenvalue weighted by molar-refractivity contribution is 0.789. The zero-order valence-electron chi connectivity index (χ0n) is 10.3. The van der Waals surface area contributed by atoms with Crippen LogP contribution < -0.4 is 5.32 Å². The van der Waals surface area contributed by atoms with Crippen molar-refractivity contribution in [3.8, 4) is 0 Å². The van der Waals surface area contributed by atoms with Gasteiger partial charge in [0.2, 0.25) is 0 Å². The van der Waals surface area contributed by atoms with Crippen LogP contribution in [0, 0.1) is 6.92 Å². The number of hydrogen-bond donors (Lipinski definition) is 1. The zero-order valence-corrected chi connectivity index (χ0v) is 11.1. The van der Waals surface area contributed by atoms with E-state index < -0.39 is 0 Å². The van der Waals surface area contributed by atoms with Crippen molar-refractivity contribution < 1.29 is 0 Å². The summed E-state index contributed by atoms with van der Waals surface area (Å²) < 4.78 is 0. The molecule has 2 rings (SSSR count). The minimum atomic E-state index is 0.170. The summed E-state index contributed by atoms with van der Waals surface area (Å²) in [5, 5.41) is 3.33. The molecule has 0 aliphatic heterocycles. The van der Waals surface area contributed by atoms with Gasteiger partial charge in [-0.1, -0.05) is 30.3 Å². The largest absolute Gasteiger partial charge is 0.366 e. The van der Waals surface area contributed by atoms with E-state index in [0.29, 0.717) is 5.88 Å². The molecule has 0 spiro atoms.